The Balaban J connectivity index is 1.70. The van der Waals surface area contributed by atoms with E-state index in [1.54, 1.807) is 6.20 Å². The van der Waals surface area contributed by atoms with Crippen LogP contribution in [0.2, 0.25) is 0 Å². The van der Waals surface area contributed by atoms with Crippen LogP contribution < -0.4 is 22.1 Å². The molecule has 0 fully saturated rings. The first-order valence-corrected chi connectivity index (χ1v) is 10.7. The Morgan fingerprint density at radius 2 is 1.91 bits per heavy atom. The first kappa shape index (κ1) is 22.2. The summed E-state index contributed by atoms with van der Waals surface area (Å²) in [5, 5.41) is 11.4. The molecule has 0 aliphatic carbocycles. The van der Waals surface area contributed by atoms with Crippen LogP contribution in [-0.4, -0.2) is 26.7 Å². The van der Waals surface area contributed by atoms with Crippen molar-refractivity contribution in [3.63, 3.8) is 0 Å². The van der Waals surface area contributed by atoms with Gasteiger partial charge in [-0.1, -0.05) is 30.3 Å². The number of amides is 1. The molecule has 1 amide bonds. The van der Waals surface area contributed by atoms with Gasteiger partial charge in [0.15, 0.2) is 11.6 Å². The van der Waals surface area contributed by atoms with Gasteiger partial charge in [-0.2, -0.15) is 5.10 Å². The number of nitrogens with one attached hydrogen (secondary N) is 2. The SMILES string of the molecule is CCn1ncc2cc(Nc3nc(N[C@H](c4ccccc4)[C@H](C)N)c(F)cc3C(N)=O)ccc21. The maximum absolute atomic E-state index is 14.9. The van der Waals surface area contributed by atoms with E-state index in [2.05, 4.69) is 20.7 Å². The number of carbonyl (C=O) groups excluding carboxylic acids is 1. The fraction of sp³-hybridized carbons (Fsp3) is 0.208. The standard InChI is InChI=1S/C24H26FN7O/c1-3-32-20-10-9-17(11-16(20)13-28-32)29-23-18(22(27)33)12-19(25)24(31-23)30-21(14(2)26)15-7-5-4-6-8-15/h4-14,21H,3,26H2,1-2H3,(H2,27,33)(H2,29,30,31)/t14-,21-/m0/s1. The largest absolute Gasteiger partial charge is 0.365 e. The molecule has 0 radical (unpaired) electrons. The molecule has 0 saturated heterocycles. The smallest absolute Gasteiger partial charge is 0.252 e. The van der Waals surface area contributed by atoms with Gasteiger partial charge in [0, 0.05) is 23.7 Å². The lowest BCUT2D eigenvalue weighted by Crippen LogP contribution is -2.31. The van der Waals surface area contributed by atoms with Crippen LogP contribution in [0.25, 0.3) is 10.9 Å². The normalized spacial score (nSPS) is 13.0. The van der Waals surface area contributed by atoms with Gasteiger partial charge in [-0.15, -0.1) is 0 Å². The fourth-order valence-electron chi connectivity index (χ4n) is 3.75. The zero-order valence-corrected chi connectivity index (χ0v) is 18.4. The van der Waals surface area contributed by atoms with Crippen LogP contribution in [-0.2, 0) is 6.54 Å². The van der Waals surface area contributed by atoms with Gasteiger partial charge in [-0.05, 0) is 43.7 Å². The van der Waals surface area contributed by atoms with Gasteiger partial charge in [0.25, 0.3) is 5.91 Å². The highest BCUT2D eigenvalue weighted by atomic mass is 19.1. The molecule has 0 aliphatic heterocycles. The number of aryl methyl sites for hydroxylation is 1. The summed E-state index contributed by atoms with van der Waals surface area (Å²) >= 11 is 0. The minimum absolute atomic E-state index is 0.0338. The summed E-state index contributed by atoms with van der Waals surface area (Å²) in [7, 11) is 0. The van der Waals surface area contributed by atoms with Crippen LogP contribution in [0.1, 0.15) is 35.8 Å². The summed E-state index contributed by atoms with van der Waals surface area (Å²) in [5.41, 5.74) is 14.1. The molecule has 33 heavy (non-hydrogen) atoms. The number of benzene rings is 2. The average Bonchev–Trinajstić information content (AvgIpc) is 3.21. The molecule has 2 aromatic carbocycles. The number of nitrogens with zero attached hydrogens (tertiary/aromatic N) is 3. The van der Waals surface area contributed by atoms with Crippen molar-refractivity contribution < 1.29 is 9.18 Å². The van der Waals surface area contributed by atoms with Crippen molar-refractivity contribution in [3.05, 3.63) is 77.7 Å². The van der Waals surface area contributed by atoms with Crippen molar-refractivity contribution in [2.24, 2.45) is 11.5 Å². The Kier molecular flexibility index (Phi) is 6.23. The molecule has 4 aromatic rings. The minimum Gasteiger partial charge on any atom is -0.365 e. The lowest BCUT2D eigenvalue weighted by molar-refractivity contribution is 0.100. The Bertz CT molecular complexity index is 1290. The number of nitrogens with two attached hydrogens (primary N) is 2. The molecule has 0 unspecified atom stereocenters. The van der Waals surface area contributed by atoms with Crippen molar-refractivity contribution in [2.45, 2.75) is 32.5 Å². The number of hydrogen-bond acceptors (Lipinski definition) is 6. The number of aromatic nitrogens is 3. The van der Waals surface area contributed by atoms with Crippen LogP contribution in [0.5, 0.6) is 0 Å². The minimum atomic E-state index is -0.790. The quantitative estimate of drug-likeness (QED) is 0.324. The molecular formula is C24H26FN7O. The first-order valence-electron chi connectivity index (χ1n) is 10.7. The van der Waals surface area contributed by atoms with Crippen molar-refractivity contribution in [2.75, 3.05) is 10.6 Å². The van der Waals surface area contributed by atoms with Crippen LogP contribution >= 0.6 is 0 Å². The molecule has 2 heterocycles. The second kappa shape index (κ2) is 9.25. The van der Waals surface area contributed by atoms with Gasteiger partial charge in [0.05, 0.1) is 23.3 Å². The number of hydrogen-bond donors (Lipinski definition) is 4. The number of anilines is 3. The zero-order chi connectivity index (χ0) is 23.5. The van der Waals surface area contributed by atoms with Gasteiger partial charge < -0.3 is 22.1 Å². The summed E-state index contributed by atoms with van der Waals surface area (Å²) in [6, 6.07) is 15.5. The Morgan fingerprint density at radius 3 is 2.58 bits per heavy atom. The zero-order valence-electron chi connectivity index (χ0n) is 18.4. The molecular weight excluding hydrogens is 421 g/mol. The highest BCUT2D eigenvalue weighted by Gasteiger charge is 2.21. The molecule has 0 saturated carbocycles. The van der Waals surface area contributed by atoms with E-state index >= 15 is 0 Å². The predicted molar refractivity (Wildman–Crippen MR) is 128 cm³/mol. The molecule has 6 N–H and O–H groups in total. The molecule has 0 spiro atoms. The van der Waals surface area contributed by atoms with E-state index in [0.29, 0.717) is 5.69 Å². The molecule has 2 atom stereocenters. The Hall–Kier alpha value is -3.98. The van der Waals surface area contributed by atoms with Crippen molar-refractivity contribution in [3.8, 4) is 0 Å². The Labute approximate surface area is 190 Å². The lowest BCUT2D eigenvalue weighted by atomic mass is 10.0. The van der Waals surface area contributed by atoms with Gasteiger partial charge in [0.2, 0.25) is 0 Å². The third kappa shape index (κ3) is 4.63. The van der Waals surface area contributed by atoms with Gasteiger partial charge in [-0.3, -0.25) is 9.48 Å². The average molecular weight is 448 g/mol. The van der Waals surface area contributed by atoms with Gasteiger partial charge >= 0.3 is 0 Å². The van der Waals surface area contributed by atoms with E-state index in [1.807, 2.05) is 67.1 Å². The van der Waals surface area contributed by atoms with E-state index in [1.165, 1.54) is 0 Å². The van der Waals surface area contributed by atoms with Crippen molar-refractivity contribution in [1.82, 2.24) is 14.8 Å². The van der Waals surface area contributed by atoms with Crippen LogP contribution in [0.3, 0.4) is 0 Å². The molecule has 170 valence electrons. The van der Waals surface area contributed by atoms with Gasteiger partial charge in [-0.25, -0.2) is 9.37 Å². The maximum Gasteiger partial charge on any atom is 0.252 e. The second-order valence-corrected chi connectivity index (χ2v) is 7.83. The summed E-state index contributed by atoms with van der Waals surface area (Å²) in [4.78, 5) is 16.4. The van der Waals surface area contributed by atoms with Crippen molar-refractivity contribution >= 4 is 34.1 Å². The van der Waals surface area contributed by atoms with E-state index in [9.17, 15) is 9.18 Å². The topological polar surface area (TPSA) is 124 Å². The highest BCUT2D eigenvalue weighted by molar-refractivity contribution is 5.99. The highest BCUT2D eigenvalue weighted by Crippen LogP contribution is 2.28. The number of fused-ring (bicyclic) bond motifs is 1. The maximum atomic E-state index is 14.9. The molecule has 2 aromatic heterocycles. The van der Waals surface area contributed by atoms with E-state index < -0.39 is 17.8 Å². The van der Waals surface area contributed by atoms with E-state index in [-0.39, 0.29) is 23.2 Å². The third-order valence-electron chi connectivity index (χ3n) is 5.42. The predicted octanol–water partition coefficient (Wildman–Crippen LogP) is 3.93. The molecule has 0 bridgehead atoms. The van der Waals surface area contributed by atoms with Crippen LogP contribution in [0.15, 0.2) is 60.8 Å². The molecule has 9 heteroatoms. The van der Waals surface area contributed by atoms with Gasteiger partial charge in [0.1, 0.15) is 5.82 Å². The summed E-state index contributed by atoms with van der Waals surface area (Å²) in [6.07, 6.45) is 1.76. The number of carbonyl (C=O) groups is 1. The summed E-state index contributed by atoms with van der Waals surface area (Å²) in [6.45, 7) is 4.59. The molecule has 0 aliphatic rings. The Morgan fingerprint density at radius 1 is 1.15 bits per heavy atom. The van der Waals surface area contributed by atoms with E-state index in [0.717, 1.165) is 29.1 Å². The lowest BCUT2D eigenvalue weighted by Gasteiger charge is -2.24. The number of rotatable bonds is 8. The molecule has 4 rings (SSSR count). The number of halogens is 1. The first-order chi connectivity index (χ1) is 15.9. The third-order valence-corrected chi connectivity index (χ3v) is 5.42. The monoisotopic (exact) mass is 447 g/mol. The number of pyridine rings is 1. The van der Waals surface area contributed by atoms with E-state index in [4.69, 9.17) is 11.5 Å². The number of primary amides is 1. The van der Waals surface area contributed by atoms with Crippen molar-refractivity contribution in [1.29, 1.82) is 0 Å². The summed E-state index contributed by atoms with van der Waals surface area (Å²) in [5.74, 6) is -1.38. The van der Waals surface area contributed by atoms with Crippen LogP contribution in [0, 0.1) is 5.82 Å². The summed E-state index contributed by atoms with van der Waals surface area (Å²) < 4.78 is 16.8. The molecule has 8 nitrogen and oxygen atoms in total. The fourth-order valence-corrected chi connectivity index (χ4v) is 3.75. The van der Waals surface area contributed by atoms with Crippen LogP contribution in [0.4, 0.5) is 21.7 Å². The second-order valence-electron chi connectivity index (χ2n) is 7.83.